The van der Waals surface area contributed by atoms with Gasteiger partial charge in [-0.3, -0.25) is 14.4 Å². The number of carbonyl (C=O) groups is 3. The third-order valence-corrected chi connectivity index (χ3v) is 3.58. The summed E-state index contributed by atoms with van der Waals surface area (Å²) in [4.78, 5) is 34.8. The summed E-state index contributed by atoms with van der Waals surface area (Å²) >= 11 is 0. The van der Waals surface area contributed by atoms with Gasteiger partial charge in [-0.1, -0.05) is 6.42 Å². The molecule has 3 atom stereocenters. The molecule has 0 saturated heterocycles. The second-order valence-corrected chi connectivity index (χ2v) is 5.79. The maximum atomic E-state index is 12.1. The lowest BCUT2D eigenvalue weighted by molar-refractivity contribution is -0.144. The predicted octanol–water partition coefficient (Wildman–Crippen LogP) is 0.907. The molecule has 0 radical (unpaired) electrons. The molecule has 2 amide bonds. The lowest BCUT2D eigenvalue weighted by Crippen LogP contribution is -2.49. The van der Waals surface area contributed by atoms with E-state index in [1.807, 2.05) is 13.8 Å². The fourth-order valence-electron chi connectivity index (χ4n) is 2.46. The standard InChI is InChI=1S/C14H24N2O4/c1-8(2)15-12(17)9(3)16-13(18)10-5-4-6-11(7-10)14(19)20/h8-11H,4-7H2,1-3H3,(H,15,17)(H,16,18)(H,19,20). The monoisotopic (exact) mass is 284 g/mol. The summed E-state index contributed by atoms with van der Waals surface area (Å²) in [7, 11) is 0. The number of carboxylic acid groups (broad SMARTS) is 1. The molecule has 1 fully saturated rings. The van der Waals surface area contributed by atoms with Crippen molar-refractivity contribution in [1.29, 1.82) is 0 Å². The number of hydrogen-bond donors (Lipinski definition) is 3. The summed E-state index contributed by atoms with van der Waals surface area (Å²) in [6, 6.07) is -0.581. The number of aliphatic carboxylic acids is 1. The average Bonchev–Trinajstić information content (AvgIpc) is 2.37. The zero-order valence-electron chi connectivity index (χ0n) is 12.3. The van der Waals surface area contributed by atoms with Crippen LogP contribution < -0.4 is 10.6 Å². The van der Waals surface area contributed by atoms with E-state index >= 15 is 0 Å². The van der Waals surface area contributed by atoms with Crippen LogP contribution in [0.3, 0.4) is 0 Å². The smallest absolute Gasteiger partial charge is 0.306 e. The molecule has 114 valence electrons. The van der Waals surface area contributed by atoms with Crippen LogP contribution in [0.15, 0.2) is 0 Å². The maximum absolute atomic E-state index is 12.1. The van der Waals surface area contributed by atoms with Gasteiger partial charge in [-0.15, -0.1) is 0 Å². The van der Waals surface area contributed by atoms with E-state index < -0.39 is 17.9 Å². The molecule has 0 bridgehead atoms. The van der Waals surface area contributed by atoms with Crippen molar-refractivity contribution >= 4 is 17.8 Å². The topological polar surface area (TPSA) is 95.5 Å². The molecule has 3 N–H and O–H groups in total. The molecular weight excluding hydrogens is 260 g/mol. The highest BCUT2D eigenvalue weighted by molar-refractivity contribution is 5.88. The van der Waals surface area contributed by atoms with Gasteiger partial charge in [0.2, 0.25) is 11.8 Å². The molecule has 1 saturated carbocycles. The van der Waals surface area contributed by atoms with Gasteiger partial charge in [0.25, 0.3) is 0 Å². The van der Waals surface area contributed by atoms with Crippen LogP contribution in [-0.4, -0.2) is 35.0 Å². The molecule has 0 aliphatic heterocycles. The number of carbonyl (C=O) groups excluding carboxylic acids is 2. The number of rotatable bonds is 5. The van der Waals surface area contributed by atoms with Crippen LogP contribution >= 0.6 is 0 Å². The van der Waals surface area contributed by atoms with Gasteiger partial charge in [-0.2, -0.15) is 0 Å². The first-order chi connectivity index (χ1) is 9.31. The van der Waals surface area contributed by atoms with Crippen molar-refractivity contribution in [2.45, 2.75) is 58.5 Å². The minimum absolute atomic E-state index is 0.0212. The first kappa shape index (κ1) is 16.5. The van der Waals surface area contributed by atoms with Crippen molar-refractivity contribution in [2.24, 2.45) is 11.8 Å². The molecule has 3 unspecified atom stereocenters. The van der Waals surface area contributed by atoms with Gasteiger partial charge in [0.05, 0.1) is 5.92 Å². The molecule has 0 aromatic rings. The molecule has 6 heteroatoms. The summed E-state index contributed by atoms with van der Waals surface area (Å²) in [6.45, 7) is 5.34. The molecule has 1 aliphatic rings. The van der Waals surface area contributed by atoms with E-state index in [2.05, 4.69) is 10.6 Å². The van der Waals surface area contributed by atoms with Crippen molar-refractivity contribution in [1.82, 2.24) is 10.6 Å². The Kier molecular flexibility index (Phi) is 5.98. The summed E-state index contributed by atoms with van der Waals surface area (Å²) in [5, 5.41) is 14.4. The lowest BCUT2D eigenvalue weighted by Gasteiger charge is -2.27. The average molecular weight is 284 g/mol. The molecule has 0 aromatic heterocycles. The van der Waals surface area contributed by atoms with Crippen molar-refractivity contribution < 1.29 is 19.5 Å². The number of carboxylic acids is 1. The Hall–Kier alpha value is -1.59. The highest BCUT2D eigenvalue weighted by Crippen LogP contribution is 2.29. The first-order valence-electron chi connectivity index (χ1n) is 7.14. The summed E-state index contributed by atoms with van der Waals surface area (Å²) in [5.74, 6) is -2.03. The van der Waals surface area contributed by atoms with E-state index in [4.69, 9.17) is 5.11 Å². The summed E-state index contributed by atoms with van der Waals surface area (Å²) in [5.41, 5.74) is 0. The minimum Gasteiger partial charge on any atom is -0.481 e. The van der Waals surface area contributed by atoms with Crippen LogP contribution in [0.1, 0.15) is 46.5 Å². The molecule has 6 nitrogen and oxygen atoms in total. The van der Waals surface area contributed by atoms with Crippen LogP contribution in [0.4, 0.5) is 0 Å². The second kappa shape index (κ2) is 7.26. The van der Waals surface area contributed by atoms with Gasteiger partial charge in [0, 0.05) is 12.0 Å². The third kappa shape index (κ3) is 4.83. The van der Waals surface area contributed by atoms with Crippen LogP contribution in [0, 0.1) is 11.8 Å². The van der Waals surface area contributed by atoms with Gasteiger partial charge < -0.3 is 15.7 Å². The van der Waals surface area contributed by atoms with Gasteiger partial charge >= 0.3 is 5.97 Å². The molecule has 0 spiro atoms. The number of amides is 2. The first-order valence-corrected chi connectivity index (χ1v) is 7.14. The second-order valence-electron chi connectivity index (χ2n) is 5.79. The Balaban J connectivity index is 2.49. The molecular formula is C14H24N2O4. The van der Waals surface area contributed by atoms with Crippen molar-refractivity contribution in [2.75, 3.05) is 0 Å². The van der Waals surface area contributed by atoms with E-state index in [9.17, 15) is 14.4 Å². The molecule has 0 aromatic carbocycles. The Labute approximate surface area is 119 Å². The number of nitrogens with one attached hydrogen (secondary N) is 2. The van der Waals surface area contributed by atoms with E-state index in [0.29, 0.717) is 19.3 Å². The Morgan fingerprint density at radius 2 is 1.65 bits per heavy atom. The SMILES string of the molecule is CC(C)NC(=O)C(C)NC(=O)C1CCCC(C(=O)O)C1. The molecule has 1 rings (SSSR count). The maximum Gasteiger partial charge on any atom is 0.306 e. The molecule has 1 aliphatic carbocycles. The highest BCUT2D eigenvalue weighted by Gasteiger charge is 2.32. The fourth-order valence-corrected chi connectivity index (χ4v) is 2.46. The third-order valence-electron chi connectivity index (χ3n) is 3.58. The predicted molar refractivity (Wildman–Crippen MR) is 74.0 cm³/mol. The zero-order chi connectivity index (χ0) is 15.3. The van der Waals surface area contributed by atoms with E-state index in [1.54, 1.807) is 6.92 Å². The normalized spacial score (nSPS) is 24.0. The summed E-state index contributed by atoms with van der Waals surface area (Å²) in [6.07, 6.45) is 2.41. The Morgan fingerprint density at radius 3 is 2.20 bits per heavy atom. The van der Waals surface area contributed by atoms with Crippen LogP contribution in [0.25, 0.3) is 0 Å². The Morgan fingerprint density at radius 1 is 1.05 bits per heavy atom. The quantitative estimate of drug-likeness (QED) is 0.699. The van der Waals surface area contributed by atoms with Crippen LogP contribution in [-0.2, 0) is 14.4 Å². The zero-order valence-corrected chi connectivity index (χ0v) is 12.3. The van der Waals surface area contributed by atoms with Gasteiger partial charge in [0.1, 0.15) is 6.04 Å². The van der Waals surface area contributed by atoms with E-state index in [0.717, 1.165) is 6.42 Å². The van der Waals surface area contributed by atoms with Gasteiger partial charge in [-0.25, -0.2) is 0 Å². The van der Waals surface area contributed by atoms with Crippen LogP contribution in [0.2, 0.25) is 0 Å². The molecule has 0 heterocycles. The van der Waals surface area contributed by atoms with Gasteiger partial charge in [0.15, 0.2) is 0 Å². The highest BCUT2D eigenvalue weighted by atomic mass is 16.4. The van der Waals surface area contributed by atoms with E-state index in [-0.39, 0.29) is 23.8 Å². The van der Waals surface area contributed by atoms with E-state index in [1.165, 1.54) is 0 Å². The van der Waals surface area contributed by atoms with Crippen molar-refractivity contribution in [3.8, 4) is 0 Å². The fraction of sp³-hybridized carbons (Fsp3) is 0.786. The minimum atomic E-state index is -0.840. The lowest BCUT2D eigenvalue weighted by atomic mass is 9.81. The Bertz CT molecular complexity index is 381. The summed E-state index contributed by atoms with van der Waals surface area (Å²) < 4.78 is 0. The number of hydrogen-bond acceptors (Lipinski definition) is 3. The largest absolute Gasteiger partial charge is 0.481 e. The van der Waals surface area contributed by atoms with Crippen molar-refractivity contribution in [3.05, 3.63) is 0 Å². The van der Waals surface area contributed by atoms with Gasteiger partial charge in [-0.05, 0) is 40.0 Å². The molecule has 20 heavy (non-hydrogen) atoms. The van der Waals surface area contributed by atoms with Crippen molar-refractivity contribution in [3.63, 3.8) is 0 Å². The van der Waals surface area contributed by atoms with Crippen LogP contribution in [0.5, 0.6) is 0 Å².